The third kappa shape index (κ3) is 4.75. The molecule has 1 atom stereocenters. The van der Waals surface area contributed by atoms with Crippen LogP contribution in [0, 0.1) is 0 Å². The number of benzene rings is 2. The number of halogens is 1. The highest BCUT2D eigenvalue weighted by Crippen LogP contribution is 2.26. The molecule has 1 unspecified atom stereocenters. The Bertz CT molecular complexity index is 766. The van der Waals surface area contributed by atoms with Crippen LogP contribution < -0.4 is 0 Å². The van der Waals surface area contributed by atoms with E-state index in [2.05, 4.69) is 52.3 Å². The van der Waals surface area contributed by atoms with Crippen LogP contribution in [-0.2, 0) is 11.2 Å². The van der Waals surface area contributed by atoms with Crippen molar-refractivity contribution in [3.05, 3.63) is 46.4 Å². The smallest absolute Gasteiger partial charge is 0.410 e. The van der Waals surface area contributed by atoms with Crippen molar-refractivity contribution in [3.63, 3.8) is 0 Å². The van der Waals surface area contributed by atoms with E-state index in [0.29, 0.717) is 0 Å². The molecule has 1 heterocycles. The molecule has 0 N–H and O–H groups in total. The van der Waals surface area contributed by atoms with E-state index in [4.69, 9.17) is 4.74 Å². The number of amides is 1. The number of rotatable bonds is 3. The van der Waals surface area contributed by atoms with E-state index in [1.807, 2.05) is 25.7 Å². The van der Waals surface area contributed by atoms with Crippen LogP contribution in [0.3, 0.4) is 0 Å². The maximum Gasteiger partial charge on any atom is 0.410 e. The quantitative estimate of drug-likeness (QED) is 0.634. The van der Waals surface area contributed by atoms with Gasteiger partial charge in [-0.2, -0.15) is 0 Å². The molecule has 0 aromatic heterocycles. The molecule has 0 spiro atoms. The number of carbonyl (C=O) groups is 1. The lowest BCUT2D eigenvalue weighted by molar-refractivity contribution is 0.0220. The van der Waals surface area contributed by atoms with E-state index < -0.39 is 5.60 Å². The first-order valence-corrected chi connectivity index (χ1v) is 9.79. The van der Waals surface area contributed by atoms with Gasteiger partial charge in [0.05, 0.1) is 0 Å². The van der Waals surface area contributed by atoms with Gasteiger partial charge in [-0.3, -0.25) is 0 Å². The average molecular weight is 404 g/mol. The van der Waals surface area contributed by atoms with Crippen molar-refractivity contribution >= 4 is 32.8 Å². The minimum Gasteiger partial charge on any atom is -0.444 e. The average Bonchev–Trinajstić information content (AvgIpc) is 3.00. The molecule has 0 bridgehead atoms. The number of ether oxygens (including phenoxy) is 1. The van der Waals surface area contributed by atoms with Gasteiger partial charge in [-0.25, -0.2) is 4.79 Å². The summed E-state index contributed by atoms with van der Waals surface area (Å²) in [6, 6.07) is 13.3. The lowest BCUT2D eigenvalue weighted by Gasteiger charge is -2.28. The zero-order chi connectivity index (χ0) is 18.0. The number of likely N-dealkylation sites (tertiary alicyclic amines) is 1. The predicted octanol–water partition coefficient (Wildman–Crippen LogP) is 5.93. The van der Waals surface area contributed by atoms with E-state index in [0.717, 1.165) is 36.7 Å². The third-order valence-electron chi connectivity index (χ3n) is 4.64. The molecule has 3 nitrogen and oxygen atoms in total. The van der Waals surface area contributed by atoms with E-state index in [9.17, 15) is 4.79 Å². The van der Waals surface area contributed by atoms with E-state index in [1.165, 1.54) is 16.3 Å². The fraction of sp³-hybridized carbons (Fsp3) is 0.476. The molecule has 0 saturated carbocycles. The Morgan fingerprint density at radius 1 is 1.20 bits per heavy atom. The van der Waals surface area contributed by atoms with Crippen molar-refractivity contribution in [2.45, 2.75) is 58.1 Å². The first-order valence-electron chi connectivity index (χ1n) is 9.00. The summed E-state index contributed by atoms with van der Waals surface area (Å²) in [6.07, 6.45) is 3.94. The molecule has 0 radical (unpaired) electrons. The zero-order valence-electron chi connectivity index (χ0n) is 15.2. The van der Waals surface area contributed by atoms with Crippen molar-refractivity contribution in [1.82, 2.24) is 4.90 Å². The second-order valence-electron chi connectivity index (χ2n) is 7.83. The summed E-state index contributed by atoms with van der Waals surface area (Å²) in [6.45, 7) is 6.57. The monoisotopic (exact) mass is 403 g/mol. The van der Waals surface area contributed by atoms with Gasteiger partial charge in [-0.05, 0) is 74.9 Å². The molecule has 2 aromatic rings. The van der Waals surface area contributed by atoms with E-state index >= 15 is 0 Å². The Morgan fingerprint density at radius 3 is 2.68 bits per heavy atom. The van der Waals surface area contributed by atoms with Crippen molar-refractivity contribution in [3.8, 4) is 0 Å². The van der Waals surface area contributed by atoms with Crippen LogP contribution in [0.2, 0.25) is 0 Å². The fourth-order valence-corrected chi connectivity index (χ4v) is 3.83. The molecule has 1 aliphatic heterocycles. The molecule has 1 amide bonds. The SMILES string of the molecule is CC(C)(C)OC(=O)N1CCCC1CCc1ccc2cc(Br)ccc2c1. The molecule has 0 aliphatic carbocycles. The van der Waals surface area contributed by atoms with Gasteiger partial charge in [0, 0.05) is 17.1 Å². The normalized spacial score (nSPS) is 17.9. The minimum absolute atomic E-state index is 0.168. The molecule has 134 valence electrons. The molecule has 1 aliphatic rings. The van der Waals surface area contributed by atoms with Gasteiger partial charge >= 0.3 is 6.09 Å². The summed E-state index contributed by atoms with van der Waals surface area (Å²) < 4.78 is 6.66. The van der Waals surface area contributed by atoms with Crippen LogP contribution in [-0.4, -0.2) is 29.2 Å². The van der Waals surface area contributed by atoms with Crippen LogP contribution in [0.4, 0.5) is 4.79 Å². The predicted molar refractivity (Wildman–Crippen MR) is 106 cm³/mol. The van der Waals surface area contributed by atoms with Crippen LogP contribution in [0.1, 0.15) is 45.6 Å². The topological polar surface area (TPSA) is 29.5 Å². The molecule has 2 aromatic carbocycles. The van der Waals surface area contributed by atoms with Crippen LogP contribution in [0.25, 0.3) is 10.8 Å². The number of fused-ring (bicyclic) bond motifs is 1. The van der Waals surface area contributed by atoms with Gasteiger partial charge < -0.3 is 9.64 Å². The summed E-state index contributed by atoms with van der Waals surface area (Å²) in [5.41, 5.74) is 0.891. The Labute approximate surface area is 158 Å². The third-order valence-corrected chi connectivity index (χ3v) is 5.13. The van der Waals surface area contributed by atoms with Crippen molar-refractivity contribution < 1.29 is 9.53 Å². The van der Waals surface area contributed by atoms with Gasteiger partial charge in [-0.15, -0.1) is 0 Å². The zero-order valence-corrected chi connectivity index (χ0v) is 16.8. The molecule has 25 heavy (non-hydrogen) atoms. The lowest BCUT2D eigenvalue weighted by atomic mass is 10.0. The molecule has 4 heteroatoms. The maximum absolute atomic E-state index is 12.4. The second kappa shape index (κ2) is 7.36. The van der Waals surface area contributed by atoms with Crippen molar-refractivity contribution in [1.29, 1.82) is 0 Å². The van der Waals surface area contributed by atoms with Crippen LogP contribution in [0.15, 0.2) is 40.9 Å². The van der Waals surface area contributed by atoms with E-state index in [-0.39, 0.29) is 12.1 Å². The first-order chi connectivity index (χ1) is 11.8. The highest BCUT2D eigenvalue weighted by atomic mass is 79.9. The molecule has 1 fully saturated rings. The summed E-state index contributed by atoms with van der Waals surface area (Å²) in [7, 11) is 0. The Morgan fingerprint density at radius 2 is 1.92 bits per heavy atom. The first kappa shape index (κ1) is 18.2. The molecule has 1 saturated heterocycles. The largest absolute Gasteiger partial charge is 0.444 e. The van der Waals surface area contributed by atoms with Gasteiger partial charge in [0.25, 0.3) is 0 Å². The summed E-state index contributed by atoms with van der Waals surface area (Å²) in [5, 5.41) is 2.51. The summed E-state index contributed by atoms with van der Waals surface area (Å²) in [4.78, 5) is 14.3. The highest BCUT2D eigenvalue weighted by molar-refractivity contribution is 9.10. The Kier molecular flexibility index (Phi) is 5.38. The van der Waals surface area contributed by atoms with Gasteiger partial charge in [0.15, 0.2) is 0 Å². The fourth-order valence-electron chi connectivity index (χ4n) is 3.45. The number of nitrogens with zero attached hydrogens (tertiary/aromatic N) is 1. The van der Waals surface area contributed by atoms with Crippen molar-refractivity contribution in [2.75, 3.05) is 6.54 Å². The molecule has 3 rings (SSSR count). The lowest BCUT2D eigenvalue weighted by Crippen LogP contribution is -2.40. The Balaban J connectivity index is 1.64. The van der Waals surface area contributed by atoms with Gasteiger partial charge in [0.2, 0.25) is 0 Å². The Hall–Kier alpha value is -1.55. The molecular formula is C21H26BrNO2. The van der Waals surface area contributed by atoms with Gasteiger partial charge in [-0.1, -0.05) is 40.2 Å². The maximum atomic E-state index is 12.4. The minimum atomic E-state index is -0.434. The number of carbonyl (C=O) groups excluding carboxylic acids is 1. The highest BCUT2D eigenvalue weighted by Gasteiger charge is 2.31. The van der Waals surface area contributed by atoms with Crippen LogP contribution in [0.5, 0.6) is 0 Å². The standard InChI is InChI=1S/C21H26BrNO2/c1-21(2,3)25-20(24)23-12-4-5-19(23)11-7-15-6-8-17-14-18(22)10-9-16(17)13-15/h6,8-10,13-14,19H,4-5,7,11-12H2,1-3H3. The number of hydrogen-bond acceptors (Lipinski definition) is 2. The van der Waals surface area contributed by atoms with Crippen LogP contribution >= 0.6 is 15.9 Å². The summed E-state index contributed by atoms with van der Waals surface area (Å²) >= 11 is 3.52. The second-order valence-corrected chi connectivity index (χ2v) is 8.75. The van der Waals surface area contributed by atoms with E-state index in [1.54, 1.807) is 0 Å². The number of aryl methyl sites for hydroxylation is 1. The number of hydrogen-bond donors (Lipinski definition) is 0. The molecular weight excluding hydrogens is 378 g/mol. The summed E-state index contributed by atoms with van der Waals surface area (Å²) in [5.74, 6) is 0. The van der Waals surface area contributed by atoms with Gasteiger partial charge in [0.1, 0.15) is 5.60 Å². The van der Waals surface area contributed by atoms with Crippen molar-refractivity contribution in [2.24, 2.45) is 0 Å².